The molecule has 2 aromatic rings. The van der Waals surface area contributed by atoms with E-state index >= 15 is 0 Å². The minimum absolute atomic E-state index is 0.362. The summed E-state index contributed by atoms with van der Waals surface area (Å²) >= 11 is 1.78. The summed E-state index contributed by atoms with van der Waals surface area (Å²) in [6.45, 7) is 7.21. The van der Waals surface area contributed by atoms with Gasteiger partial charge in [0.2, 0.25) is 0 Å². The van der Waals surface area contributed by atoms with Crippen molar-refractivity contribution in [2.24, 2.45) is 0 Å². The highest BCUT2D eigenvalue weighted by atomic mass is 32.1. The van der Waals surface area contributed by atoms with Crippen LogP contribution in [0, 0.1) is 13.8 Å². The average molecular weight is 246 g/mol. The van der Waals surface area contributed by atoms with Gasteiger partial charge in [0.1, 0.15) is 5.01 Å². The maximum absolute atomic E-state index is 4.53. The first-order valence-corrected chi connectivity index (χ1v) is 6.69. The van der Waals surface area contributed by atoms with Gasteiger partial charge in [-0.05, 0) is 26.3 Å². The van der Waals surface area contributed by atoms with Gasteiger partial charge < -0.3 is 5.32 Å². The van der Waals surface area contributed by atoms with Crippen molar-refractivity contribution in [1.82, 2.24) is 10.3 Å². The first-order chi connectivity index (χ1) is 8.16. The number of hydrogen-bond acceptors (Lipinski definition) is 3. The molecule has 0 amide bonds. The molecule has 3 heteroatoms. The van der Waals surface area contributed by atoms with Crippen LogP contribution in [0.3, 0.4) is 0 Å². The van der Waals surface area contributed by atoms with Crippen LogP contribution in [0.5, 0.6) is 0 Å². The van der Waals surface area contributed by atoms with Crippen LogP contribution >= 0.6 is 11.3 Å². The Bertz CT molecular complexity index is 457. The smallest absolute Gasteiger partial charge is 0.107 e. The van der Waals surface area contributed by atoms with Crippen LogP contribution in [-0.2, 0) is 6.54 Å². The fourth-order valence-corrected chi connectivity index (χ4v) is 2.60. The number of nitrogens with zero attached hydrogens (tertiary/aromatic N) is 1. The molecule has 17 heavy (non-hydrogen) atoms. The summed E-state index contributed by atoms with van der Waals surface area (Å²) in [6, 6.07) is 10.9. The van der Waals surface area contributed by atoms with Crippen molar-refractivity contribution in [3.8, 4) is 0 Å². The SMILES string of the molecule is Cc1nc(CN[C@@H](C)c2ccccc2)sc1C. The molecule has 0 radical (unpaired) electrons. The molecular weight excluding hydrogens is 228 g/mol. The number of benzene rings is 1. The molecule has 0 aliphatic rings. The molecule has 0 saturated carbocycles. The number of aromatic nitrogens is 1. The highest BCUT2D eigenvalue weighted by Gasteiger charge is 2.07. The summed E-state index contributed by atoms with van der Waals surface area (Å²) in [5.41, 5.74) is 2.47. The highest BCUT2D eigenvalue weighted by Crippen LogP contribution is 2.18. The van der Waals surface area contributed by atoms with Crippen LogP contribution in [0.15, 0.2) is 30.3 Å². The summed E-state index contributed by atoms with van der Waals surface area (Å²) < 4.78 is 0. The molecule has 1 atom stereocenters. The zero-order valence-corrected chi connectivity index (χ0v) is 11.3. The third-order valence-electron chi connectivity index (χ3n) is 2.93. The molecule has 0 aliphatic heterocycles. The molecule has 0 bridgehead atoms. The Balaban J connectivity index is 1.94. The minimum atomic E-state index is 0.362. The van der Waals surface area contributed by atoms with Gasteiger partial charge in [-0.25, -0.2) is 4.98 Å². The Hall–Kier alpha value is -1.19. The third kappa shape index (κ3) is 3.14. The molecule has 1 aromatic heterocycles. The van der Waals surface area contributed by atoms with Gasteiger partial charge in [0.05, 0.1) is 5.69 Å². The summed E-state index contributed by atoms with van der Waals surface area (Å²) in [5, 5.41) is 4.67. The zero-order chi connectivity index (χ0) is 12.3. The van der Waals surface area contributed by atoms with Gasteiger partial charge in [0.25, 0.3) is 0 Å². The van der Waals surface area contributed by atoms with E-state index in [9.17, 15) is 0 Å². The Kier molecular flexibility index (Phi) is 3.92. The van der Waals surface area contributed by atoms with Crippen LogP contribution < -0.4 is 5.32 Å². The molecule has 0 saturated heterocycles. The predicted molar refractivity (Wildman–Crippen MR) is 73.3 cm³/mol. The van der Waals surface area contributed by atoms with Crippen LogP contribution in [-0.4, -0.2) is 4.98 Å². The van der Waals surface area contributed by atoms with E-state index < -0.39 is 0 Å². The molecule has 1 heterocycles. The summed E-state index contributed by atoms with van der Waals surface area (Å²) in [5.74, 6) is 0. The molecule has 2 nitrogen and oxygen atoms in total. The quantitative estimate of drug-likeness (QED) is 0.891. The van der Waals surface area contributed by atoms with Crippen molar-refractivity contribution in [1.29, 1.82) is 0 Å². The first kappa shape index (κ1) is 12.3. The van der Waals surface area contributed by atoms with Crippen molar-refractivity contribution >= 4 is 11.3 Å². The number of rotatable bonds is 4. The van der Waals surface area contributed by atoms with E-state index in [2.05, 4.69) is 55.3 Å². The second-order valence-electron chi connectivity index (χ2n) is 4.26. The predicted octanol–water partition coefficient (Wildman–Crippen LogP) is 3.61. The number of aryl methyl sites for hydroxylation is 2. The van der Waals surface area contributed by atoms with Crippen LogP contribution in [0.2, 0.25) is 0 Å². The standard InChI is InChI=1S/C14H18N2S/c1-10-12(3)17-14(16-10)9-15-11(2)13-7-5-4-6-8-13/h4-8,11,15H,9H2,1-3H3/t11-/m0/s1. The van der Waals surface area contributed by atoms with Gasteiger partial charge in [0, 0.05) is 17.5 Å². The monoisotopic (exact) mass is 246 g/mol. The fourth-order valence-electron chi connectivity index (χ4n) is 1.71. The second-order valence-corrected chi connectivity index (χ2v) is 5.55. The number of thiazole rings is 1. The largest absolute Gasteiger partial charge is 0.304 e. The second kappa shape index (κ2) is 5.43. The maximum Gasteiger partial charge on any atom is 0.107 e. The van der Waals surface area contributed by atoms with E-state index in [0.717, 1.165) is 12.2 Å². The molecule has 1 aromatic carbocycles. The van der Waals surface area contributed by atoms with Crippen LogP contribution in [0.1, 0.15) is 34.1 Å². The van der Waals surface area contributed by atoms with Crippen LogP contribution in [0.4, 0.5) is 0 Å². The van der Waals surface area contributed by atoms with Crippen molar-refractivity contribution < 1.29 is 0 Å². The lowest BCUT2D eigenvalue weighted by molar-refractivity contribution is 0.573. The molecule has 0 spiro atoms. The maximum atomic E-state index is 4.53. The first-order valence-electron chi connectivity index (χ1n) is 5.88. The van der Waals surface area contributed by atoms with E-state index in [4.69, 9.17) is 0 Å². The number of nitrogens with one attached hydrogen (secondary N) is 1. The Morgan fingerprint density at radius 1 is 1.24 bits per heavy atom. The van der Waals surface area contributed by atoms with Gasteiger partial charge in [-0.2, -0.15) is 0 Å². The van der Waals surface area contributed by atoms with Crippen molar-refractivity contribution in [2.45, 2.75) is 33.4 Å². The molecule has 0 aliphatic carbocycles. The average Bonchev–Trinajstić information content (AvgIpc) is 2.67. The van der Waals surface area contributed by atoms with E-state index in [1.165, 1.54) is 15.4 Å². The minimum Gasteiger partial charge on any atom is -0.304 e. The van der Waals surface area contributed by atoms with E-state index in [-0.39, 0.29) is 0 Å². The van der Waals surface area contributed by atoms with Crippen molar-refractivity contribution in [3.05, 3.63) is 51.5 Å². The molecule has 90 valence electrons. The van der Waals surface area contributed by atoms with E-state index in [1.807, 2.05) is 6.07 Å². The Labute approximate surface area is 107 Å². The van der Waals surface area contributed by atoms with Gasteiger partial charge >= 0.3 is 0 Å². The summed E-state index contributed by atoms with van der Waals surface area (Å²) in [6.07, 6.45) is 0. The highest BCUT2D eigenvalue weighted by molar-refractivity contribution is 7.11. The van der Waals surface area contributed by atoms with E-state index in [1.54, 1.807) is 11.3 Å². The fraction of sp³-hybridized carbons (Fsp3) is 0.357. The molecule has 0 fully saturated rings. The van der Waals surface area contributed by atoms with Crippen molar-refractivity contribution in [2.75, 3.05) is 0 Å². The third-order valence-corrected chi connectivity index (χ3v) is 4.00. The molecule has 2 rings (SSSR count). The molecule has 0 unspecified atom stereocenters. The van der Waals surface area contributed by atoms with Gasteiger partial charge in [0.15, 0.2) is 0 Å². The topological polar surface area (TPSA) is 24.9 Å². The molecular formula is C14H18N2S. The summed E-state index contributed by atoms with van der Waals surface area (Å²) in [4.78, 5) is 5.85. The van der Waals surface area contributed by atoms with Crippen molar-refractivity contribution in [3.63, 3.8) is 0 Å². The molecule has 1 N–H and O–H groups in total. The normalized spacial score (nSPS) is 12.6. The van der Waals surface area contributed by atoms with Crippen LogP contribution in [0.25, 0.3) is 0 Å². The number of hydrogen-bond donors (Lipinski definition) is 1. The van der Waals surface area contributed by atoms with Gasteiger partial charge in [-0.15, -0.1) is 11.3 Å². The van der Waals surface area contributed by atoms with Gasteiger partial charge in [-0.3, -0.25) is 0 Å². The lowest BCUT2D eigenvalue weighted by Gasteiger charge is -2.12. The Morgan fingerprint density at radius 2 is 1.94 bits per heavy atom. The lowest BCUT2D eigenvalue weighted by atomic mass is 10.1. The van der Waals surface area contributed by atoms with E-state index in [0.29, 0.717) is 6.04 Å². The Morgan fingerprint density at radius 3 is 2.53 bits per heavy atom. The van der Waals surface area contributed by atoms with Gasteiger partial charge in [-0.1, -0.05) is 30.3 Å². The zero-order valence-electron chi connectivity index (χ0n) is 10.5. The summed E-state index contributed by atoms with van der Waals surface area (Å²) in [7, 11) is 0. The lowest BCUT2D eigenvalue weighted by Crippen LogP contribution is -2.17.